The molecule has 0 bridgehead atoms. The maximum Gasteiger partial charge on any atom is 0.148 e. The number of nitrogens with two attached hydrogens (primary N) is 1. The Morgan fingerprint density at radius 3 is 2.82 bits per heavy atom. The van der Waals surface area contributed by atoms with Crippen molar-refractivity contribution in [1.29, 1.82) is 0 Å². The van der Waals surface area contributed by atoms with Gasteiger partial charge in [-0.3, -0.25) is 0 Å². The van der Waals surface area contributed by atoms with Gasteiger partial charge in [-0.05, 0) is 25.1 Å². The van der Waals surface area contributed by atoms with Crippen molar-refractivity contribution in [3.63, 3.8) is 0 Å². The molecule has 6 heteroatoms. The molecular weight excluding hydrogens is 240 g/mol. The smallest absolute Gasteiger partial charge is 0.148 e. The molecule has 1 aromatic heterocycles. The number of nitrogens with zero attached hydrogens (tertiary/aromatic N) is 3. The van der Waals surface area contributed by atoms with E-state index in [4.69, 9.17) is 22.1 Å². The molecule has 2 aromatic rings. The van der Waals surface area contributed by atoms with Crippen LogP contribution in [0.4, 0.5) is 0 Å². The van der Waals surface area contributed by atoms with E-state index in [9.17, 15) is 0 Å². The molecule has 0 aliphatic carbocycles. The van der Waals surface area contributed by atoms with Crippen LogP contribution in [0.25, 0.3) is 5.69 Å². The molecule has 5 nitrogen and oxygen atoms in total. The molecule has 0 spiro atoms. The lowest BCUT2D eigenvalue weighted by Gasteiger charge is -2.07. The predicted molar refractivity (Wildman–Crippen MR) is 65.5 cm³/mol. The van der Waals surface area contributed by atoms with Crippen molar-refractivity contribution in [2.75, 3.05) is 7.11 Å². The van der Waals surface area contributed by atoms with E-state index in [2.05, 4.69) is 10.1 Å². The molecule has 1 aromatic carbocycles. The molecule has 90 valence electrons. The minimum absolute atomic E-state index is 0.324. The van der Waals surface area contributed by atoms with Gasteiger partial charge >= 0.3 is 0 Å². The fraction of sp³-hybridized carbons (Fsp3) is 0.273. The normalized spacial score (nSPS) is 10.6. The van der Waals surface area contributed by atoms with Crippen LogP contribution in [-0.2, 0) is 6.54 Å². The SMILES string of the molecule is COc1ccc(-n2nc(C)nc2CN)cc1Cl. The van der Waals surface area contributed by atoms with Crippen molar-refractivity contribution >= 4 is 11.6 Å². The molecule has 2 N–H and O–H groups in total. The van der Waals surface area contributed by atoms with E-state index in [1.54, 1.807) is 23.9 Å². The Labute approximate surface area is 104 Å². The quantitative estimate of drug-likeness (QED) is 0.903. The number of ether oxygens (including phenoxy) is 1. The first-order valence-corrected chi connectivity index (χ1v) is 5.50. The molecule has 1 heterocycles. The first kappa shape index (κ1) is 11.9. The van der Waals surface area contributed by atoms with Crippen molar-refractivity contribution in [2.24, 2.45) is 5.73 Å². The summed E-state index contributed by atoms with van der Waals surface area (Å²) in [5.41, 5.74) is 6.43. The first-order chi connectivity index (χ1) is 8.15. The minimum atomic E-state index is 0.324. The summed E-state index contributed by atoms with van der Waals surface area (Å²) >= 11 is 6.06. The third-order valence-corrected chi connectivity index (χ3v) is 2.64. The monoisotopic (exact) mass is 252 g/mol. The van der Waals surface area contributed by atoms with Crippen LogP contribution in [-0.4, -0.2) is 21.9 Å². The highest BCUT2D eigenvalue weighted by molar-refractivity contribution is 6.32. The average Bonchev–Trinajstić information content (AvgIpc) is 2.70. The van der Waals surface area contributed by atoms with E-state index in [0.717, 1.165) is 5.69 Å². The topological polar surface area (TPSA) is 66.0 Å². The van der Waals surface area contributed by atoms with Crippen molar-refractivity contribution in [1.82, 2.24) is 14.8 Å². The van der Waals surface area contributed by atoms with Gasteiger partial charge in [0.05, 0.1) is 24.4 Å². The van der Waals surface area contributed by atoms with Crippen LogP contribution in [0.2, 0.25) is 5.02 Å². The van der Waals surface area contributed by atoms with Crippen molar-refractivity contribution in [3.8, 4) is 11.4 Å². The Morgan fingerprint density at radius 1 is 1.47 bits per heavy atom. The number of hydrogen-bond acceptors (Lipinski definition) is 4. The molecule has 0 atom stereocenters. The van der Waals surface area contributed by atoms with Crippen LogP contribution < -0.4 is 10.5 Å². The molecule has 2 rings (SSSR count). The van der Waals surface area contributed by atoms with E-state index >= 15 is 0 Å². The molecule has 0 saturated heterocycles. The summed E-state index contributed by atoms with van der Waals surface area (Å²) < 4.78 is 6.78. The molecule has 0 aliphatic heterocycles. The maximum atomic E-state index is 6.06. The summed E-state index contributed by atoms with van der Waals surface area (Å²) in [5, 5.41) is 4.80. The fourth-order valence-electron chi connectivity index (χ4n) is 1.58. The van der Waals surface area contributed by atoms with Crippen LogP contribution in [0.5, 0.6) is 5.75 Å². The molecule has 0 unspecified atom stereocenters. The lowest BCUT2D eigenvalue weighted by atomic mass is 10.3. The lowest BCUT2D eigenvalue weighted by molar-refractivity contribution is 0.415. The number of benzene rings is 1. The Morgan fingerprint density at radius 2 is 2.24 bits per heavy atom. The largest absolute Gasteiger partial charge is 0.495 e. The second-order valence-corrected chi connectivity index (χ2v) is 3.92. The van der Waals surface area contributed by atoms with E-state index in [1.165, 1.54) is 0 Å². The van der Waals surface area contributed by atoms with E-state index in [-0.39, 0.29) is 0 Å². The van der Waals surface area contributed by atoms with Gasteiger partial charge in [0.25, 0.3) is 0 Å². The van der Waals surface area contributed by atoms with Crippen LogP contribution in [0.15, 0.2) is 18.2 Å². The average molecular weight is 253 g/mol. The number of aromatic nitrogens is 3. The fourth-order valence-corrected chi connectivity index (χ4v) is 1.84. The van der Waals surface area contributed by atoms with Gasteiger partial charge in [0, 0.05) is 0 Å². The number of aryl methyl sites for hydroxylation is 1. The van der Waals surface area contributed by atoms with E-state index in [0.29, 0.717) is 29.0 Å². The zero-order valence-corrected chi connectivity index (χ0v) is 10.4. The van der Waals surface area contributed by atoms with Crippen LogP contribution in [0.3, 0.4) is 0 Å². The number of rotatable bonds is 3. The van der Waals surface area contributed by atoms with Gasteiger partial charge in [0.1, 0.15) is 17.4 Å². The first-order valence-electron chi connectivity index (χ1n) is 5.12. The molecular formula is C11H13ClN4O. The maximum absolute atomic E-state index is 6.06. The highest BCUT2D eigenvalue weighted by Crippen LogP contribution is 2.26. The lowest BCUT2D eigenvalue weighted by Crippen LogP contribution is -2.08. The van der Waals surface area contributed by atoms with Crippen molar-refractivity contribution in [2.45, 2.75) is 13.5 Å². The second kappa shape index (κ2) is 4.73. The van der Waals surface area contributed by atoms with Gasteiger partial charge in [0.2, 0.25) is 0 Å². The van der Waals surface area contributed by atoms with Gasteiger partial charge < -0.3 is 10.5 Å². The zero-order chi connectivity index (χ0) is 12.4. The molecule has 0 fully saturated rings. The molecule has 0 amide bonds. The standard InChI is InChI=1S/C11H13ClN4O/c1-7-14-11(6-13)16(15-7)8-3-4-10(17-2)9(12)5-8/h3-5H,6,13H2,1-2H3. The van der Waals surface area contributed by atoms with Gasteiger partial charge in [-0.25, -0.2) is 9.67 Å². The Bertz CT molecular complexity index is 538. The molecule has 0 aliphatic rings. The van der Waals surface area contributed by atoms with Gasteiger partial charge in [0.15, 0.2) is 0 Å². The highest BCUT2D eigenvalue weighted by Gasteiger charge is 2.09. The van der Waals surface area contributed by atoms with Crippen LogP contribution in [0, 0.1) is 6.92 Å². The second-order valence-electron chi connectivity index (χ2n) is 3.51. The van der Waals surface area contributed by atoms with E-state index < -0.39 is 0 Å². The predicted octanol–water partition coefficient (Wildman–Crippen LogP) is 1.70. The summed E-state index contributed by atoms with van der Waals surface area (Å²) in [5.74, 6) is 2.00. The number of methoxy groups -OCH3 is 1. The minimum Gasteiger partial charge on any atom is -0.495 e. The van der Waals surface area contributed by atoms with Crippen molar-refractivity contribution < 1.29 is 4.74 Å². The van der Waals surface area contributed by atoms with Gasteiger partial charge in [-0.15, -0.1) is 0 Å². The third kappa shape index (κ3) is 2.25. The zero-order valence-electron chi connectivity index (χ0n) is 9.64. The number of hydrogen-bond donors (Lipinski definition) is 1. The van der Waals surface area contributed by atoms with Gasteiger partial charge in [-0.1, -0.05) is 11.6 Å². The van der Waals surface area contributed by atoms with Gasteiger partial charge in [-0.2, -0.15) is 5.10 Å². The Hall–Kier alpha value is -1.59. The summed E-state index contributed by atoms with van der Waals surface area (Å²) in [6.07, 6.45) is 0. The van der Waals surface area contributed by atoms with Crippen molar-refractivity contribution in [3.05, 3.63) is 34.9 Å². The summed E-state index contributed by atoms with van der Waals surface area (Å²) in [6.45, 7) is 2.14. The Kier molecular flexibility index (Phi) is 3.31. The third-order valence-electron chi connectivity index (χ3n) is 2.34. The highest BCUT2D eigenvalue weighted by atomic mass is 35.5. The molecule has 17 heavy (non-hydrogen) atoms. The molecule has 0 radical (unpaired) electrons. The van der Waals surface area contributed by atoms with E-state index in [1.807, 2.05) is 13.0 Å². The van der Waals surface area contributed by atoms with Crippen LogP contribution in [0.1, 0.15) is 11.6 Å². The summed E-state index contributed by atoms with van der Waals surface area (Å²) in [7, 11) is 1.58. The Balaban J connectivity index is 2.49. The molecule has 0 saturated carbocycles. The van der Waals surface area contributed by atoms with Crippen LogP contribution >= 0.6 is 11.6 Å². The number of halogens is 1. The summed E-state index contributed by atoms with van der Waals surface area (Å²) in [4.78, 5) is 4.23. The summed E-state index contributed by atoms with van der Waals surface area (Å²) in [6, 6.07) is 5.42.